The molecule has 0 aliphatic carbocycles. The predicted octanol–water partition coefficient (Wildman–Crippen LogP) is 2.92. The Kier molecular flexibility index (Phi) is 5.10. The first-order valence-corrected chi connectivity index (χ1v) is 9.25. The number of nitrogens with zero attached hydrogens (tertiary/aromatic N) is 3. The third kappa shape index (κ3) is 3.99. The highest BCUT2D eigenvalue weighted by Crippen LogP contribution is 2.20. The third-order valence-corrected chi connectivity index (χ3v) is 5.20. The summed E-state index contributed by atoms with van der Waals surface area (Å²) in [6, 6.07) is 4.39. The molecular weight excluding hydrogens is 308 g/mol. The molecule has 0 bridgehead atoms. The normalized spacial score (nSPS) is 17.3. The van der Waals surface area contributed by atoms with E-state index >= 15 is 0 Å². The van der Waals surface area contributed by atoms with Crippen LogP contribution in [0.15, 0.2) is 17.5 Å². The molecule has 1 unspecified atom stereocenters. The smallest absolute Gasteiger partial charge is 0.220 e. The molecule has 0 saturated carbocycles. The van der Waals surface area contributed by atoms with Crippen LogP contribution in [0.2, 0.25) is 0 Å². The summed E-state index contributed by atoms with van der Waals surface area (Å²) in [5, 5.41) is 13.8. The number of carbonyl (C=O) groups is 1. The highest BCUT2D eigenvalue weighted by molar-refractivity contribution is 7.09. The van der Waals surface area contributed by atoms with E-state index in [0.29, 0.717) is 12.3 Å². The van der Waals surface area contributed by atoms with Crippen LogP contribution in [-0.4, -0.2) is 26.7 Å². The molecule has 3 heterocycles. The largest absolute Gasteiger partial charge is 0.352 e. The van der Waals surface area contributed by atoms with Gasteiger partial charge in [-0.3, -0.25) is 4.79 Å². The first-order chi connectivity index (χ1) is 11.1. The van der Waals surface area contributed by atoms with Gasteiger partial charge in [0.05, 0.1) is 0 Å². The minimum Gasteiger partial charge on any atom is -0.352 e. The number of aryl methyl sites for hydroxylation is 2. The van der Waals surface area contributed by atoms with Crippen LogP contribution in [0.4, 0.5) is 0 Å². The molecule has 1 amide bonds. The molecule has 23 heavy (non-hydrogen) atoms. The Balaban J connectivity index is 1.48. The van der Waals surface area contributed by atoms with Gasteiger partial charge in [-0.1, -0.05) is 19.9 Å². The Hall–Kier alpha value is -1.69. The zero-order chi connectivity index (χ0) is 16.2. The molecule has 0 spiro atoms. The van der Waals surface area contributed by atoms with E-state index in [9.17, 15) is 4.79 Å². The molecule has 3 rings (SSSR count). The number of thiophene rings is 1. The Morgan fingerprint density at radius 3 is 3.09 bits per heavy atom. The van der Waals surface area contributed by atoms with Gasteiger partial charge in [0, 0.05) is 36.2 Å². The lowest BCUT2D eigenvalue weighted by Gasteiger charge is -2.26. The molecule has 5 nitrogen and oxygen atoms in total. The fourth-order valence-electron chi connectivity index (χ4n) is 3.07. The van der Waals surface area contributed by atoms with E-state index in [1.54, 1.807) is 11.3 Å². The molecule has 6 heteroatoms. The van der Waals surface area contributed by atoms with Crippen molar-refractivity contribution in [1.82, 2.24) is 20.1 Å². The van der Waals surface area contributed by atoms with E-state index in [4.69, 9.17) is 0 Å². The molecule has 2 aromatic heterocycles. The summed E-state index contributed by atoms with van der Waals surface area (Å²) in [7, 11) is 0. The van der Waals surface area contributed by atoms with Crippen LogP contribution in [0.5, 0.6) is 0 Å². The van der Waals surface area contributed by atoms with Gasteiger partial charge in [0.1, 0.15) is 11.6 Å². The van der Waals surface area contributed by atoms with Crippen molar-refractivity contribution >= 4 is 17.2 Å². The van der Waals surface area contributed by atoms with Crippen molar-refractivity contribution in [1.29, 1.82) is 0 Å². The van der Waals surface area contributed by atoms with Gasteiger partial charge in [-0.2, -0.15) is 0 Å². The number of hydrogen-bond donors (Lipinski definition) is 1. The van der Waals surface area contributed by atoms with Crippen LogP contribution in [0.1, 0.15) is 55.6 Å². The lowest BCUT2D eigenvalue weighted by Crippen LogP contribution is -2.41. The molecule has 1 aliphatic rings. The van der Waals surface area contributed by atoms with Crippen LogP contribution in [0.25, 0.3) is 0 Å². The number of aromatic nitrogens is 3. The van der Waals surface area contributed by atoms with E-state index in [0.717, 1.165) is 43.9 Å². The minimum atomic E-state index is 0.161. The number of nitrogens with one attached hydrogen (secondary N) is 1. The van der Waals surface area contributed by atoms with Crippen molar-refractivity contribution in [2.75, 3.05) is 0 Å². The predicted molar refractivity (Wildman–Crippen MR) is 91.6 cm³/mol. The minimum absolute atomic E-state index is 0.161. The SMILES string of the molecule is CC(C)c1nnc2n1CC(NC(=O)CCCc1cccs1)CC2. The fraction of sp³-hybridized carbons (Fsp3) is 0.588. The summed E-state index contributed by atoms with van der Waals surface area (Å²) in [6.45, 7) is 5.06. The molecule has 0 fully saturated rings. The van der Waals surface area contributed by atoms with E-state index in [-0.39, 0.29) is 11.9 Å². The molecular formula is C17H24N4OS. The number of hydrogen-bond acceptors (Lipinski definition) is 4. The number of carbonyl (C=O) groups excluding carboxylic acids is 1. The van der Waals surface area contributed by atoms with Crippen molar-refractivity contribution < 1.29 is 4.79 Å². The lowest BCUT2D eigenvalue weighted by atomic mass is 10.1. The van der Waals surface area contributed by atoms with Crippen LogP contribution < -0.4 is 5.32 Å². The van der Waals surface area contributed by atoms with Gasteiger partial charge in [0.2, 0.25) is 5.91 Å². The van der Waals surface area contributed by atoms with Crippen molar-refractivity contribution in [2.45, 2.75) is 64.5 Å². The monoisotopic (exact) mass is 332 g/mol. The Labute approximate surface area is 141 Å². The molecule has 124 valence electrons. The van der Waals surface area contributed by atoms with E-state index in [1.807, 2.05) is 0 Å². The van der Waals surface area contributed by atoms with E-state index in [1.165, 1.54) is 4.88 Å². The molecule has 0 radical (unpaired) electrons. The maximum Gasteiger partial charge on any atom is 0.220 e. The van der Waals surface area contributed by atoms with Crippen molar-refractivity contribution in [2.24, 2.45) is 0 Å². The topological polar surface area (TPSA) is 59.8 Å². The second kappa shape index (κ2) is 7.25. The third-order valence-electron chi connectivity index (χ3n) is 4.26. The Bertz CT molecular complexity index is 648. The highest BCUT2D eigenvalue weighted by atomic mass is 32.1. The van der Waals surface area contributed by atoms with Gasteiger partial charge in [-0.05, 0) is 30.7 Å². The summed E-state index contributed by atoms with van der Waals surface area (Å²) in [5.41, 5.74) is 0. The van der Waals surface area contributed by atoms with Crippen molar-refractivity contribution in [3.63, 3.8) is 0 Å². The summed E-state index contributed by atoms with van der Waals surface area (Å²) in [6.07, 6.45) is 4.34. The average Bonchev–Trinajstić information content (AvgIpc) is 3.15. The van der Waals surface area contributed by atoms with Crippen LogP contribution in [0.3, 0.4) is 0 Å². The first-order valence-electron chi connectivity index (χ1n) is 8.37. The van der Waals surface area contributed by atoms with E-state index < -0.39 is 0 Å². The van der Waals surface area contributed by atoms with Gasteiger partial charge >= 0.3 is 0 Å². The molecule has 2 aromatic rings. The first kappa shape index (κ1) is 16.2. The van der Waals surface area contributed by atoms with Gasteiger partial charge < -0.3 is 9.88 Å². The molecule has 0 aromatic carbocycles. The molecule has 0 saturated heterocycles. The molecule has 1 N–H and O–H groups in total. The summed E-state index contributed by atoms with van der Waals surface area (Å²) >= 11 is 1.76. The van der Waals surface area contributed by atoms with Crippen LogP contribution in [0, 0.1) is 0 Å². The summed E-state index contributed by atoms with van der Waals surface area (Å²) < 4.78 is 2.19. The van der Waals surface area contributed by atoms with Gasteiger partial charge in [0.15, 0.2) is 0 Å². The van der Waals surface area contributed by atoms with Crippen molar-refractivity contribution in [3.05, 3.63) is 34.0 Å². The standard InChI is InChI=1S/C17H24N4OS/c1-12(2)17-20-19-15-9-8-13(11-21(15)17)18-16(22)7-3-5-14-6-4-10-23-14/h4,6,10,12-13H,3,5,7-9,11H2,1-2H3,(H,18,22). The highest BCUT2D eigenvalue weighted by Gasteiger charge is 2.24. The van der Waals surface area contributed by atoms with Crippen LogP contribution in [-0.2, 0) is 24.2 Å². The second-order valence-corrected chi connectivity index (χ2v) is 7.51. The second-order valence-electron chi connectivity index (χ2n) is 6.48. The summed E-state index contributed by atoms with van der Waals surface area (Å²) in [4.78, 5) is 13.5. The summed E-state index contributed by atoms with van der Waals surface area (Å²) in [5.74, 6) is 2.60. The number of amides is 1. The Morgan fingerprint density at radius 2 is 2.35 bits per heavy atom. The Morgan fingerprint density at radius 1 is 1.48 bits per heavy atom. The number of rotatable bonds is 6. The van der Waals surface area contributed by atoms with Gasteiger partial charge in [-0.15, -0.1) is 21.5 Å². The zero-order valence-corrected chi connectivity index (χ0v) is 14.6. The fourth-order valence-corrected chi connectivity index (χ4v) is 3.82. The van der Waals surface area contributed by atoms with Gasteiger partial charge in [0.25, 0.3) is 0 Å². The maximum atomic E-state index is 12.2. The van der Waals surface area contributed by atoms with Crippen LogP contribution >= 0.6 is 11.3 Å². The average molecular weight is 332 g/mol. The lowest BCUT2D eigenvalue weighted by molar-refractivity contribution is -0.122. The zero-order valence-electron chi connectivity index (χ0n) is 13.8. The molecule has 1 atom stereocenters. The maximum absolute atomic E-state index is 12.2. The van der Waals surface area contributed by atoms with Gasteiger partial charge in [-0.25, -0.2) is 0 Å². The van der Waals surface area contributed by atoms with E-state index in [2.05, 4.69) is 51.4 Å². The number of fused-ring (bicyclic) bond motifs is 1. The van der Waals surface area contributed by atoms with Crippen molar-refractivity contribution in [3.8, 4) is 0 Å². The quantitative estimate of drug-likeness (QED) is 0.885. The molecule has 1 aliphatic heterocycles.